The fourth-order valence-corrected chi connectivity index (χ4v) is 1.17. The molecule has 0 saturated heterocycles. The highest BCUT2D eigenvalue weighted by Crippen LogP contribution is 2.00. The average molecular weight is 238 g/mol. The molecule has 0 aliphatic heterocycles. The molecule has 1 aromatic rings. The monoisotopic (exact) mass is 238 g/mol. The summed E-state index contributed by atoms with van der Waals surface area (Å²) in [5.74, 6) is 0.214. The first-order chi connectivity index (χ1) is 7.87. The molecule has 0 saturated carbocycles. The van der Waals surface area contributed by atoms with E-state index in [2.05, 4.69) is 20.8 Å². The molecule has 17 heavy (non-hydrogen) atoms. The summed E-state index contributed by atoms with van der Waals surface area (Å²) in [4.78, 5) is 22.2. The Morgan fingerprint density at radius 3 is 2.65 bits per heavy atom. The van der Waals surface area contributed by atoms with Crippen molar-refractivity contribution in [3.05, 3.63) is 22.5 Å². The van der Waals surface area contributed by atoms with Gasteiger partial charge >= 0.3 is 0 Å². The van der Waals surface area contributed by atoms with Crippen LogP contribution in [-0.4, -0.2) is 28.2 Å². The van der Waals surface area contributed by atoms with Crippen molar-refractivity contribution >= 4 is 11.7 Å². The zero-order chi connectivity index (χ0) is 12.9. The van der Waals surface area contributed by atoms with E-state index >= 15 is 0 Å². The number of carbonyl (C=O) groups excluding carboxylic acids is 1. The zero-order valence-corrected chi connectivity index (χ0v) is 10.3. The lowest BCUT2D eigenvalue weighted by molar-refractivity contribution is -0.116. The molecule has 0 aliphatic carbocycles. The number of aromatic nitrogens is 2. The van der Waals surface area contributed by atoms with Crippen LogP contribution in [0.15, 0.2) is 16.9 Å². The SMILES string of the molecule is CC(C)(C)NCCC(=O)Nc1ccc(=O)[nH]n1. The van der Waals surface area contributed by atoms with Crippen molar-refractivity contribution in [1.82, 2.24) is 15.5 Å². The summed E-state index contributed by atoms with van der Waals surface area (Å²) in [6.07, 6.45) is 0.359. The lowest BCUT2D eigenvalue weighted by atomic mass is 10.1. The number of hydrogen-bond donors (Lipinski definition) is 3. The number of hydrogen-bond acceptors (Lipinski definition) is 4. The van der Waals surface area contributed by atoms with Crippen molar-refractivity contribution in [2.24, 2.45) is 0 Å². The van der Waals surface area contributed by atoms with Crippen molar-refractivity contribution < 1.29 is 4.79 Å². The minimum absolute atomic E-state index is 0.00346. The summed E-state index contributed by atoms with van der Waals surface area (Å²) in [6.45, 7) is 6.70. The fraction of sp³-hybridized carbons (Fsp3) is 0.545. The first-order valence-corrected chi connectivity index (χ1v) is 5.47. The molecule has 0 atom stereocenters. The number of nitrogens with zero attached hydrogens (tertiary/aromatic N) is 1. The highest BCUT2D eigenvalue weighted by molar-refractivity contribution is 5.89. The van der Waals surface area contributed by atoms with Gasteiger partial charge in [0, 0.05) is 24.6 Å². The molecule has 3 N–H and O–H groups in total. The van der Waals surface area contributed by atoms with Crippen molar-refractivity contribution in [3.8, 4) is 0 Å². The second kappa shape index (κ2) is 5.58. The van der Waals surface area contributed by atoms with E-state index in [1.807, 2.05) is 20.8 Å². The molecule has 0 fully saturated rings. The van der Waals surface area contributed by atoms with E-state index < -0.39 is 0 Å². The maximum absolute atomic E-state index is 11.5. The minimum atomic E-state index is -0.294. The molecule has 0 aliphatic rings. The number of H-pyrrole nitrogens is 1. The molecule has 6 heteroatoms. The topological polar surface area (TPSA) is 86.9 Å². The number of amides is 1. The van der Waals surface area contributed by atoms with Crippen molar-refractivity contribution in [3.63, 3.8) is 0 Å². The third-order valence-electron chi connectivity index (χ3n) is 1.95. The smallest absolute Gasteiger partial charge is 0.264 e. The molecule has 1 rings (SSSR count). The van der Waals surface area contributed by atoms with Crippen molar-refractivity contribution in [1.29, 1.82) is 0 Å². The van der Waals surface area contributed by atoms with Crippen LogP contribution in [0, 0.1) is 0 Å². The first kappa shape index (κ1) is 13.4. The molecule has 1 amide bonds. The number of carbonyl (C=O) groups is 1. The number of aromatic amines is 1. The second-order valence-electron chi connectivity index (χ2n) is 4.78. The molecule has 0 unspecified atom stereocenters. The van der Waals surface area contributed by atoms with Gasteiger partial charge in [-0.25, -0.2) is 5.10 Å². The van der Waals surface area contributed by atoms with Gasteiger partial charge in [-0.1, -0.05) is 0 Å². The maximum Gasteiger partial charge on any atom is 0.264 e. The lowest BCUT2D eigenvalue weighted by Gasteiger charge is -2.20. The van der Waals surface area contributed by atoms with E-state index in [0.717, 1.165) is 0 Å². The first-order valence-electron chi connectivity index (χ1n) is 5.47. The predicted octanol–water partition coefficient (Wildman–Crippen LogP) is 0.487. The van der Waals surface area contributed by atoms with Crippen LogP contribution in [0.3, 0.4) is 0 Å². The van der Waals surface area contributed by atoms with Crippen LogP contribution in [0.2, 0.25) is 0 Å². The summed E-state index contributed by atoms with van der Waals surface area (Å²) in [5.41, 5.74) is -0.298. The molecule has 0 spiro atoms. The molecule has 0 bridgehead atoms. The van der Waals surface area contributed by atoms with Crippen LogP contribution in [0.5, 0.6) is 0 Å². The molecule has 94 valence electrons. The average Bonchev–Trinajstić information content (AvgIpc) is 2.19. The summed E-state index contributed by atoms with van der Waals surface area (Å²) < 4.78 is 0. The third-order valence-corrected chi connectivity index (χ3v) is 1.95. The van der Waals surface area contributed by atoms with E-state index in [4.69, 9.17) is 0 Å². The predicted molar refractivity (Wildman–Crippen MR) is 65.9 cm³/mol. The summed E-state index contributed by atoms with van der Waals surface area (Å²) in [6, 6.07) is 2.78. The van der Waals surface area contributed by atoms with Crippen LogP contribution in [0.1, 0.15) is 27.2 Å². The minimum Gasteiger partial charge on any atom is -0.312 e. The molecule has 1 heterocycles. The van der Waals surface area contributed by atoms with Crippen LogP contribution in [0.4, 0.5) is 5.82 Å². The molecule has 0 radical (unpaired) electrons. The zero-order valence-electron chi connectivity index (χ0n) is 10.3. The highest BCUT2D eigenvalue weighted by Gasteiger charge is 2.09. The van der Waals surface area contributed by atoms with Gasteiger partial charge in [-0.3, -0.25) is 9.59 Å². The van der Waals surface area contributed by atoms with Crippen molar-refractivity contribution in [2.75, 3.05) is 11.9 Å². The van der Waals surface area contributed by atoms with Gasteiger partial charge < -0.3 is 10.6 Å². The van der Waals surface area contributed by atoms with E-state index in [1.165, 1.54) is 12.1 Å². The Balaban J connectivity index is 2.35. The van der Waals surface area contributed by atoms with Gasteiger partial charge in [-0.15, -0.1) is 0 Å². The quantitative estimate of drug-likeness (QED) is 0.712. The van der Waals surface area contributed by atoms with E-state index in [9.17, 15) is 9.59 Å². The van der Waals surface area contributed by atoms with E-state index in [1.54, 1.807) is 0 Å². The summed E-state index contributed by atoms with van der Waals surface area (Å²) >= 11 is 0. The molecular formula is C11H18N4O2. The highest BCUT2D eigenvalue weighted by atomic mass is 16.1. The summed E-state index contributed by atoms with van der Waals surface area (Å²) in [7, 11) is 0. The van der Waals surface area contributed by atoms with E-state index in [-0.39, 0.29) is 17.0 Å². The van der Waals surface area contributed by atoms with Gasteiger partial charge in [-0.2, -0.15) is 5.10 Å². The molecule has 0 aromatic carbocycles. The molecule has 1 aromatic heterocycles. The van der Waals surface area contributed by atoms with Crippen LogP contribution >= 0.6 is 0 Å². The number of nitrogens with one attached hydrogen (secondary N) is 3. The normalized spacial score (nSPS) is 11.2. The Labute approximate surface area is 99.8 Å². The van der Waals surface area contributed by atoms with Gasteiger partial charge in [0.25, 0.3) is 5.56 Å². The number of rotatable bonds is 4. The Morgan fingerprint density at radius 2 is 2.12 bits per heavy atom. The molecular weight excluding hydrogens is 220 g/mol. The van der Waals surface area contributed by atoms with Crippen LogP contribution < -0.4 is 16.2 Å². The lowest BCUT2D eigenvalue weighted by Crippen LogP contribution is -2.37. The fourth-order valence-electron chi connectivity index (χ4n) is 1.17. The Kier molecular flexibility index (Phi) is 4.39. The second-order valence-corrected chi connectivity index (χ2v) is 4.78. The Morgan fingerprint density at radius 1 is 1.41 bits per heavy atom. The van der Waals surface area contributed by atoms with Crippen molar-refractivity contribution in [2.45, 2.75) is 32.7 Å². The largest absolute Gasteiger partial charge is 0.312 e. The van der Waals surface area contributed by atoms with Gasteiger partial charge in [0.1, 0.15) is 0 Å². The van der Waals surface area contributed by atoms with Crippen LogP contribution in [-0.2, 0) is 4.79 Å². The van der Waals surface area contributed by atoms with Crippen LogP contribution in [0.25, 0.3) is 0 Å². The van der Waals surface area contributed by atoms with E-state index in [0.29, 0.717) is 18.8 Å². The van der Waals surface area contributed by atoms with Gasteiger partial charge in [0.15, 0.2) is 5.82 Å². The number of anilines is 1. The maximum atomic E-state index is 11.5. The standard InChI is InChI=1S/C11H18N4O2/c1-11(2,3)12-7-6-9(16)13-8-4-5-10(17)15-14-8/h4-5,12H,6-7H2,1-3H3,(H,15,17)(H,13,14,16). The summed E-state index contributed by atoms with van der Waals surface area (Å²) in [5, 5.41) is 11.7. The Bertz CT molecular complexity index is 413. The van der Waals surface area contributed by atoms with Gasteiger partial charge in [-0.05, 0) is 26.8 Å². The van der Waals surface area contributed by atoms with Gasteiger partial charge in [0.05, 0.1) is 0 Å². The third kappa shape index (κ3) is 5.82. The Hall–Kier alpha value is -1.69. The molecule has 6 nitrogen and oxygen atoms in total. The van der Waals surface area contributed by atoms with Gasteiger partial charge in [0.2, 0.25) is 5.91 Å².